The molecule has 0 amide bonds. The number of hydrogen-bond acceptors (Lipinski definition) is 3. The van der Waals surface area contributed by atoms with Crippen molar-refractivity contribution in [3.63, 3.8) is 0 Å². The van der Waals surface area contributed by atoms with Crippen LogP contribution in [0.2, 0.25) is 0 Å². The molecule has 1 aromatic heterocycles. The molecule has 0 unspecified atom stereocenters. The largest absolute Gasteiger partial charge is 0.395 e. The summed E-state index contributed by atoms with van der Waals surface area (Å²) in [7, 11) is 0. The zero-order chi connectivity index (χ0) is 12.4. The Balaban J connectivity index is 1.68. The van der Waals surface area contributed by atoms with Gasteiger partial charge in [0, 0.05) is 31.4 Å². The third-order valence-electron chi connectivity index (χ3n) is 4.28. The molecule has 1 aromatic rings. The first-order chi connectivity index (χ1) is 8.88. The third-order valence-corrected chi connectivity index (χ3v) is 4.28. The fourth-order valence-electron chi connectivity index (χ4n) is 3.13. The fourth-order valence-corrected chi connectivity index (χ4v) is 3.13. The maximum atomic E-state index is 9.25. The van der Waals surface area contributed by atoms with Crippen molar-refractivity contribution in [2.75, 3.05) is 13.2 Å². The van der Waals surface area contributed by atoms with Gasteiger partial charge in [0.25, 0.3) is 0 Å². The smallest absolute Gasteiger partial charge is 0.0951 e. The average molecular weight is 249 g/mol. The molecule has 4 heteroatoms. The maximum absolute atomic E-state index is 9.25. The van der Waals surface area contributed by atoms with Gasteiger partial charge in [-0.2, -0.15) is 0 Å². The average Bonchev–Trinajstić information content (AvgIpc) is 2.92. The summed E-state index contributed by atoms with van der Waals surface area (Å²) in [6, 6.07) is 1.36. The Morgan fingerprint density at radius 2 is 2.06 bits per heavy atom. The standard InChI is InChI=1S/C14H23N3O/c18-8-7-16(12-3-1-2-4-12)10-14-9-15-11-17(14)13-5-6-13/h9,11-13,18H,1-8,10H2. The molecule has 0 bridgehead atoms. The lowest BCUT2D eigenvalue weighted by atomic mass is 10.2. The van der Waals surface area contributed by atoms with Crippen LogP contribution >= 0.6 is 0 Å². The van der Waals surface area contributed by atoms with Gasteiger partial charge in [0.1, 0.15) is 0 Å². The predicted octanol–water partition coefficient (Wildman–Crippen LogP) is 1.95. The Kier molecular flexibility index (Phi) is 3.66. The Hall–Kier alpha value is -0.870. The van der Waals surface area contributed by atoms with Gasteiger partial charge in [0.15, 0.2) is 0 Å². The molecular weight excluding hydrogens is 226 g/mol. The van der Waals surface area contributed by atoms with Crippen molar-refractivity contribution in [3.8, 4) is 0 Å². The quantitative estimate of drug-likeness (QED) is 0.838. The Morgan fingerprint density at radius 1 is 1.28 bits per heavy atom. The molecule has 0 atom stereocenters. The first-order valence-electron chi connectivity index (χ1n) is 7.24. The van der Waals surface area contributed by atoms with Crippen molar-refractivity contribution < 1.29 is 5.11 Å². The topological polar surface area (TPSA) is 41.3 Å². The molecule has 2 fully saturated rings. The molecule has 3 rings (SSSR count). The molecule has 2 saturated carbocycles. The van der Waals surface area contributed by atoms with Crippen molar-refractivity contribution in [1.29, 1.82) is 0 Å². The minimum Gasteiger partial charge on any atom is -0.395 e. The van der Waals surface area contributed by atoms with Gasteiger partial charge >= 0.3 is 0 Å². The second-order valence-electron chi connectivity index (χ2n) is 5.66. The minimum absolute atomic E-state index is 0.258. The highest BCUT2D eigenvalue weighted by Crippen LogP contribution is 2.36. The van der Waals surface area contributed by atoms with E-state index in [2.05, 4.69) is 14.5 Å². The zero-order valence-electron chi connectivity index (χ0n) is 11.0. The summed E-state index contributed by atoms with van der Waals surface area (Å²) in [5.74, 6) is 0. The number of rotatable bonds is 6. The molecule has 0 radical (unpaired) electrons. The second kappa shape index (κ2) is 5.41. The molecule has 0 aromatic carbocycles. The van der Waals surface area contributed by atoms with Gasteiger partial charge in [-0.3, -0.25) is 4.90 Å². The lowest BCUT2D eigenvalue weighted by Crippen LogP contribution is -2.35. The van der Waals surface area contributed by atoms with Crippen LogP contribution in [0.25, 0.3) is 0 Å². The van der Waals surface area contributed by atoms with Crippen LogP contribution in [0, 0.1) is 0 Å². The number of nitrogens with zero attached hydrogens (tertiary/aromatic N) is 3. The first kappa shape index (κ1) is 12.2. The maximum Gasteiger partial charge on any atom is 0.0951 e. The summed E-state index contributed by atoms with van der Waals surface area (Å²) in [6.45, 7) is 2.00. The first-order valence-corrected chi connectivity index (χ1v) is 7.24. The van der Waals surface area contributed by atoms with Crippen molar-refractivity contribution in [2.24, 2.45) is 0 Å². The summed E-state index contributed by atoms with van der Waals surface area (Å²) >= 11 is 0. The van der Waals surface area contributed by atoms with E-state index in [1.807, 2.05) is 12.5 Å². The van der Waals surface area contributed by atoms with E-state index in [9.17, 15) is 5.11 Å². The summed E-state index contributed by atoms with van der Waals surface area (Å²) < 4.78 is 2.33. The molecule has 2 aliphatic rings. The van der Waals surface area contributed by atoms with E-state index in [1.54, 1.807) is 0 Å². The van der Waals surface area contributed by atoms with E-state index < -0.39 is 0 Å². The van der Waals surface area contributed by atoms with Crippen molar-refractivity contribution in [2.45, 2.75) is 57.2 Å². The monoisotopic (exact) mass is 249 g/mol. The van der Waals surface area contributed by atoms with Crippen LogP contribution in [0.3, 0.4) is 0 Å². The zero-order valence-corrected chi connectivity index (χ0v) is 11.0. The third kappa shape index (κ3) is 2.59. The number of aromatic nitrogens is 2. The van der Waals surface area contributed by atoms with E-state index in [-0.39, 0.29) is 6.61 Å². The molecular formula is C14H23N3O. The SMILES string of the molecule is OCCN(Cc1cncn1C1CC1)C1CCCC1. The van der Waals surface area contributed by atoms with Gasteiger partial charge in [-0.05, 0) is 25.7 Å². The number of hydrogen-bond donors (Lipinski definition) is 1. The lowest BCUT2D eigenvalue weighted by molar-refractivity contribution is 0.142. The van der Waals surface area contributed by atoms with Gasteiger partial charge in [0.05, 0.1) is 18.6 Å². The molecule has 0 spiro atoms. The Labute approximate surface area is 109 Å². The van der Waals surface area contributed by atoms with Crippen LogP contribution < -0.4 is 0 Å². The Bertz CT molecular complexity index is 380. The van der Waals surface area contributed by atoms with Gasteiger partial charge in [-0.15, -0.1) is 0 Å². The molecule has 1 N–H and O–H groups in total. The summed E-state index contributed by atoms with van der Waals surface area (Å²) in [5.41, 5.74) is 1.32. The van der Waals surface area contributed by atoms with Gasteiger partial charge in [0.2, 0.25) is 0 Å². The lowest BCUT2D eigenvalue weighted by Gasteiger charge is -2.28. The highest BCUT2D eigenvalue weighted by Gasteiger charge is 2.27. The van der Waals surface area contributed by atoms with Crippen molar-refractivity contribution in [1.82, 2.24) is 14.5 Å². The Morgan fingerprint density at radius 3 is 2.72 bits per heavy atom. The predicted molar refractivity (Wildman–Crippen MR) is 70.2 cm³/mol. The molecule has 1 heterocycles. The van der Waals surface area contributed by atoms with E-state index in [4.69, 9.17) is 0 Å². The van der Waals surface area contributed by atoms with E-state index >= 15 is 0 Å². The van der Waals surface area contributed by atoms with Crippen molar-refractivity contribution in [3.05, 3.63) is 18.2 Å². The van der Waals surface area contributed by atoms with Gasteiger partial charge in [-0.25, -0.2) is 4.98 Å². The number of aliphatic hydroxyl groups excluding tert-OH is 1. The van der Waals surface area contributed by atoms with Crippen LogP contribution in [0.5, 0.6) is 0 Å². The summed E-state index contributed by atoms with van der Waals surface area (Å²) in [4.78, 5) is 6.74. The molecule has 2 aliphatic carbocycles. The highest BCUT2D eigenvalue weighted by molar-refractivity contribution is 5.04. The normalized spacial score (nSPS) is 21.0. The van der Waals surface area contributed by atoms with E-state index in [0.29, 0.717) is 12.1 Å². The summed E-state index contributed by atoms with van der Waals surface area (Å²) in [5, 5.41) is 9.25. The van der Waals surface area contributed by atoms with Gasteiger partial charge in [-0.1, -0.05) is 12.8 Å². The van der Waals surface area contributed by atoms with E-state index in [1.165, 1.54) is 44.2 Å². The fraction of sp³-hybridized carbons (Fsp3) is 0.786. The van der Waals surface area contributed by atoms with Crippen LogP contribution in [0.4, 0.5) is 0 Å². The second-order valence-corrected chi connectivity index (χ2v) is 5.66. The van der Waals surface area contributed by atoms with Gasteiger partial charge < -0.3 is 9.67 Å². The molecule has 0 aliphatic heterocycles. The molecule has 100 valence electrons. The molecule has 4 nitrogen and oxygen atoms in total. The van der Waals surface area contributed by atoms with E-state index in [0.717, 1.165) is 13.1 Å². The van der Waals surface area contributed by atoms with Crippen LogP contribution in [0.15, 0.2) is 12.5 Å². The molecule has 0 saturated heterocycles. The summed E-state index contributed by atoms with van der Waals surface area (Å²) in [6.07, 6.45) is 11.8. The van der Waals surface area contributed by atoms with Crippen LogP contribution in [-0.2, 0) is 6.54 Å². The number of imidazole rings is 1. The molecule has 18 heavy (non-hydrogen) atoms. The number of aliphatic hydroxyl groups is 1. The van der Waals surface area contributed by atoms with Crippen molar-refractivity contribution >= 4 is 0 Å². The van der Waals surface area contributed by atoms with Crippen LogP contribution in [-0.4, -0.2) is 38.8 Å². The van der Waals surface area contributed by atoms with Crippen LogP contribution in [0.1, 0.15) is 50.3 Å². The highest BCUT2D eigenvalue weighted by atomic mass is 16.3. The minimum atomic E-state index is 0.258.